The van der Waals surface area contributed by atoms with Gasteiger partial charge in [-0.05, 0) is 0 Å². The molecule has 0 radical (unpaired) electrons. The van der Waals surface area contributed by atoms with Crippen LogP contribution in [0.5, 0.6) is 0 Å². The summed E-state index contributed by atoms with van der Waals surface area (Å²) in [6.07, 6.45) is 0.389. The van der Waals surface area contributed by atoms with Crippen LogP contribution in [0.25, 0.3) is 0 Å². The molecular weight excluding hydrogens is 110 g/mol. The van der Waals surface area contributed by atoms with Crippen molar-refractivity contribution in [1.29, 1.82) is 0 Å². The van der Waals surface area contributed by atoms with Gasteiger partial charge in [-0.15, -0.1) is 0 Å². The number of carbonyl (C=O) groups excluding carboxylic acids is 1. The van der Waals surface area contributed by atoms with Crippen molar-refractivity contribution < 1.29 is 14.6 Å². The van der Waals surface area contributed by atoms with Crippen molar-refractivity contribution in [2.75, 3.05) is 13.3 Å². The van der Waals surface area contributed by atoms with Crippen LogP contribution in [-0.4, -0.2) is 19.2 Å². The maximum absolute atomic E-state index is 10.4. The van der Waals surface area contributed by atoms with Crippen LogP contribution in [0.4, 0.5) is 0 Å². The second kappa shape index (κ2) is 2.64. The highest BCUT2D eigenvalue weighted by Gasteiger charge is 2.04. The highest BCUT2D eigenvalue weighted by Crippen LogP contribution is 1.88. The van der Waals surface area contributed by atoms with Gasteiger partial charge in [0.1, 0.15) is 0 Å². The highest BCUT2D eigenvalue weighted by molar-refractivity contribution is 5.75. The zero-order valence-electron chi connectivity index (χ0n) is 4.35. The number of amides is 1. The van der Waals surface area contributed by atoms with Crippen LogP contribution < -0.4 is 5.32 Å². The van der Waals surface area contributed by atoms with Crippen LogP contribution in [-0.2, 0) is 14.6 Å². The van der Waals surface area contributed by atoms with Gasteiger partial charge >= 0.3 is 0 Å². The first-order chi connectivity index (χ1) is 3.89. The number of hydrogen-bond donors (Lipinski definition) is 1. The van der Waals surface area contributed by atoms with Crippen LogP contribution in [0.2, 0.25) is 0 Å². The fourth-order valence-electron chi connectivity index (χ4n) is 0.433. The van der Waals surface area contributed by atoms with E-state index in [0.29, 0.717) is 13.0 Å². The second-order valence-corrected chi connectivity index (χ2v) is 1.43. The standard InChI is InChI=1S/C4H7NO3/c6-4-1-2-7-8-3-5-4/h1-3H2,(H,5,6). The first kappa shape index (κ1) is 5.53. The maximum atomic E-state index is 10.4. The van der Waals surface area contributed by atoms with Crippen LogP contribution in [0.3, 0.4) is 0 Å². The fraction of sp³-hybridized carbons (Fsp3) is 0.750. The van der Waals surface area contributed by atoms with E-state index in [9.17, 15) is 4.79 Å². The molecule has 0 aromatic rings. The van der Waals surface area contributed by atoms with Crippen molar-refractivity contribution in [2.24, 2.45) is 0 Å². The van der Waals surface area contributed by atoms with E-state index in [-0.39, 0.29) is 12.6 Å². The van der Waals surface area contributed by atoms with Crippen LogP contribution >= 0.6 is 0 Å². The van der Waals surface area contributed by atoms with E-state index in [0.717, 1.165) is 0 Å². The normalized spacial score (nSPS) is 21.8. The molecule has 1 rings (SSSR count). The van der Waals surface area contributed by atoms with Gasteiger partial charge in [-0.1, -0.05) is 0 Å². The third kappa shape index (κ3) is 1.48. The molecule has 4 heteroatoms. The molecule has 1 heterocycles. The molecule has 0 bridgehead atoms. The van der Waals surface area contributed by atoms with E-state index >= 15 is 0 Å². The van der Waals surface area contributed by atoms with E-state index in [4.69, 9.17) is 0 Å². The molecule has 4 nitrogen and oxygen atoms in total. The monoisotopic (exact) mass is 117 g/mol. The Morgan fingerprint density at radius 2 is 2.38 bits per heavy atom. The van der Waals surface area contributed by atoms with E-state index in [1.807, 2.05) is 0 Å². The van der Waals surface area contributed by atoms with Gasteiger partial charge in [0.05, 0.1) is 13.0 Å². The van der Waals surface area contributed by atoms with Gasteiger partial charge in [-0.2, -0.15) is 0 Å². The number of rotatable bonds is 0. The molecule has 1 aliphatic heterocycles. The average Bonchev–Trinajstić information content (AvgIpc) is 1.94. The zero-order chi connectivity index (χ0) is 5.82. The Bertz CT molecular complexity index is 83.3. The molecule has 0 aromatic carbocycles. The Balaban J connectivity index is 2.27. The highest BCUT2D eigenvalue weighted by atomic mass is 17.2. The van der Waals surface area contributed by atoms with Gasteiger partial charge in [0.15, 0.2) is 6.73 Å². The van der Waals surface area contributed by atoms with Gasteiger partial charge in [-0.25, -0.2) is 9.78 Å². The lowest BCUT2D eigenvalue weighted by atomic mass is 10.4. The number of hydrogen-bond acceptors (Lipinski definition) is 3. The van der Waals surface area contributed by atoms with Gasteiger partial charge < -0.3 is 5.32 Å². The Hall–Kier alpha value is -0.610. The summed E-state index contributed by atoms with van der Waals surface area (Å²) in [5, 5.41) is 2.46. The second-order valence-electron chi connectivity index (χ2n) is 1.43. The summed E-state index contributed by atoms with van der Waals surface area (Å²) in [6.45, 7) is 0.519. The summed E-state index contributed by atoms with van der Waals surface area (Å²) < 4.78 is 0. The zero-order valence-corrected chi connectivity index (χ0v) is 4.35. The quantitative estimate of drug-likeness (QED) is 0.431. The Labute approximate surface area is 46.7 Å². The van der Waals surface area contributed by atoms with Gasteiger partial charge in [0, 0.05) is 0 Å². The van der Waals surface area contributed by atoms with Gasteiger partial charge in [0.25, 0.3) is 0 Å². The van der Waals surface area contributed by atoms with Gasteiger partial charge in [-0.3, -0.25) is 4.79 Å². The van der Waals surface area contributed by atoms with Gasteiger partial charge in [0.2, 0.25) is 5.91 Å². The van der Waals surface area contributed by atoms with Crippen molar-refractivity contribution in [3.63, 3.8) is 0 Å². The summed E-state index contributed by atoms with van der Waals surface area (Å²) in [4.78, 5) is 19.3. The minimum atomic E-state index is -0.0255. The molecule has 1 aliphatic rings. The Morgan fingerprint density at radius 3 is 3.25 bits per heavy atom. The molecule has 0 unspecified atom stereocenters. The summed E-state index contributed by atoms with van der Waals surface area (Å²) in [6, 6.07) is 0. The van der Waals surface area contributed by atoms with Crippen molar-refractivity contribution in [3.8, 4) is 0 Å². The molecule has 0 aliphatic carbocycles. The first-order valence-electron chi connectivity index (χ1n) is 2.41. The van der Waals surface area contributed by atoms with Crippen molar-refractivity contribution in [2.45, 2.75) is 6.42 Å². The van der Waals surface area contributed by atoms with Crippen molar-refractivity contribution in [3.05, 3.63) is 0 Å². The van der Waals surface area contributed by atoms with Crippen molar-refractivity contribution >= 4 is 5.91 Å². The molecule has 0 atom stereocenters. The minimum absolute atomic E-state index is 0.0255. The topological polar surface area (TPSA) is 47.6 Å². The third-order valence-corrected chi connectivity index (χ3v) is 0.824. The molecule has 0 saturated carbocycles. The van der Waals surface area contributed by atoms with Crippen LogP contribution in [0.1, 0.15) is 6.42 Å². The Kier molecular flexibility index (Phi) is 1.82. The smallest absolute Gasteiger partial charge is 0.224 e. The number of carbonyl (C=O) groups is 1. The lowest BCUT2D eigenvalue weighted by Crippen LogP contribution is -2.22. The van der Waals surface area contributed by atoms with Crippen LogP contribution in [0, 0.1) is 0 Å². The van der Waals surface area contributed by atoms with Crippen LogP contribution in [0.15, 0.2) is 0 Å². The van der Waals surface area contributed by atoms with E-state index in [1.165, 1.54) is 0 Å². The molecule has 1 amide bonds. The predicted molar refractivity (Wildman–Crippen MR) is 24.7 cm³/mol. The average molecular weight is 117 g/mol. The fourth-order valence-corrected chi connectivity index (χ4v) is 0.433. The summed E-state index contributed by atoms with van der Waals surface area (Å²) >= 11 is 0. The largest absolute Gasteiger partial charge is 0.331 e. The Morgan fingerprint density at radius 1 is 1.50 bits per heavy atom. The summed E-state index contributed by atoms with van der Waals surface area (Å²) in [5.74, 6) is -0.0255. The third-order valence-electron chi connectivity index (χ3n) is 0.824. The van der Waals surface area contributed by atoms with Crippen molar-refractivity contribution in [1.82, 2.24) is 5.32 Å². The SMILES string of the molecule is O=C1CCOOCN1. The molecule has 1 fully saturated rings. The van der Waals surface area contributed by atoms with E-state index < -0.39 is 0 Å². The first-order valence-corrected chi connectivity index (χ1v) is 2.41. The molecule has 1 saturated heterocycles. The molecule has 0 spiro atoms. The molecule has 0 aromatic heterocycles. The maximum Gasteiger partial charge on any atom is 0.224 e. The molecular formula is C4H7NO3. The lowest BCUT2D eigenvalue weighted by molar-refractivity contribution is -0.290. The van der Waals surface area contributed by atoms with E-state index in [2.05, 4.69) is 15.1 Å². The predicted octanol–water partition coefficient (Wildman–Crippen LogP) is -0.588. The minimum Gasteiger partial charge on any atom is -0.331 e. The van der Waals surface area contributed by atoms with E-state index in [1.54, 1.807) is 0 Å². The molecule has 46 valence electrons. The summed E-state index contributed by atoms with van der Waals surface area (Å²) in [5.41, 5.74) is 0. The molecule has 1 N–H and O–H groups in total. The number of nitrogens with one attached hydrogen (secondary N) is 1. The molecule has 8 heavy (non-hydrogen) atoms. The lowest BCUT2D eigenvalue weighted by Gasteiger charge is -1.93. The summed E-state index contributed by atoms with van der Waals surface area (Å²) in [7, 11) is 0.